The Morgan fingerprint density at radius 1 is 1.15 bits per heavy atom. The Morgan fingerprint density at radius 2 is 1.96 bits per heavy atom. The fourth-order valence-corrected chi connectivity index (χ4v) is 3.10. The van der Waals surface area contributed by atoms with Crippen molar-refractivity contribution in [1.29, 1.82) is 5.41 Å². The highest BCUT2D eigenvalue weighted by atomic mass is 16.2. The molecular formula is C21H24N4O. The van der Waals surface area contributed by atoms with Gasteiger partial charge in [0.25, 0.3) is 0 Å². The number of likely N-dealkylation sites (N-methyl/N-ethyl adjacent to an activating group) is 1. The predicted molar refractivity (Wildman–Crippen MR) is 106 cm³/mol. The van der Waals surface area contributed by atoms with Crippen LogP contribution in [0.1, 0.15) is 11.1 Å². The van der Waals surface area contributed by atoms with Crippen LogP contribution in [-0.4, -0.2) is 41.7 Å². The summed E-state index contributed by atoms with van der Waals surface area (Å²) in [6.07, 6.45) is 3.28. The fourth-order valence-electron chi connectivity index (χ4n) is 3.10. The van der Waals surface area contributed by atoms with Gasteiger partial charge in [0, 0.05) is 48.5 Å². The first-order valence-electron chi connectivity index (χ1n) is 8.77. The minimum absolute atomic E-state index is 0.0851. The number of nitrogens with zero attached hydrogens (tertiary/aromatic N) is 2. The molecule has 0 saturated carbocycles. The molecule has 5 nitrogen and oxygen atoms in total. The monoisotopic (exact) mass is 348 g/mol. The zero-order valence-corrected chi connectivity index (χ0v) is 15.0. The zero-order chi connectivity index (χ0) is 18.4. The van der Waals surface area contributed by atoms with E-state index in [1.807, 2.05) is 77.3 Å². The predicted octanol–water partition coefficient (Wildman–Crippen LogP) is 2.89. The van der Waals surface area contributed by atoms with Crippen molar-refractivity contribution in [2.24, 2.45) is 0 Å². The summed E-state index contributed by atoms with van der Waals surface area (Å²) in [4.78, 5) is 14.8. The van der Waals surface area contributed by atoms with Crippen molar-refractivity contribution in [3.63, 3.8) is 0 Å². The van der Waals surface area contributed by atoms with E-state index < -0.39 is 0 Å². The Labute approximate surface area is 153 Å². The van der Waals surface area contributed by atoms with Crippen LogP contribution in [0.2, 0.25) is 0 Å². The van der Waals surface area contributed by atoms with E-state index in [0.29, 0.717) is 19.6 Å². The number of benzene rings is 2. The number of hydrogen-bond acceptors (Lipinski definition) is 3. The lowest BCUT2D eigenvalue weighted by Gasteiger charge is -2.23. The molecule has 5 heteroatoms. The highest BCUT2D eigenvalue weighted by molar-refractivity contribution is 5.98. The van der Waals surface area contributed by atoms with E-state index >= 15 is 0 Å². The lowest BCUT2D eigenvalue weighted by atomic mass is 10.1. The summed E-state index contributed by atoms with van der Waals surface area (Å²) in [5, 5.41) is 11.6. The Bertz CT molecular complexity index is 885. The van der Waals surface area contributed by atoms with Gasteiger partial charge in [-0.15, -0.1) is 0 Å². The number of carbonyl (C=O) groups excluding carboxylic acids is 1. The number of rotatable bonds is 8. The molecule has 3 rings (SSSR count). The molecule has 2 N–H and O–H groups in total. The van der Waals surface area contributed by atoms with Gasteiger partial charge >= 0.3 is 0 Å². The van der Waals surface area contributed by atoms with Crippen molar-refractivity contribution >= 4 is 23.0 Å². The van der Waals surface area contributed by atoms with Crippen LogP contribution in [0.5, 0.6) is 0 Å². The Hall–Kier alpha value is -2.92. The number of hydrogen-bond donors (Lipinski definition) is 2. The maximum absolute atomic E-state index is 13.0. The number of aromatic nitrogens is 1. The van der Waals surface area contributed by atoms with Crippen LogP contribution >= 0.6 is 0 Å². The zero-order valence-electron chi connectivity index (χ0n) is 15.0. The van der Waals surface area contributed by atoms with E-state index in [0.717, 1.165) is 28.6 Å². The molecule has 0 fully saturated rings. The summed E-state index contributed by atoms with van der Waals surface area (Å²) >= 11 is 0. The van der Waals surface area contributed by atoms with E-state index in [1.165, 1.54) is 6.21 Å². The quantitative estimate of drug-likeness (QED) is 0.615. The first-order chi connectivity index (χ1) is 12.7. The Morgan fingerprint density at radius 3 is 2.69 bits per heavy atom. The maximum Gasteiger partial charge on any atom is 0.242 e. The third-order valence-corrected chi connectivity index (χ3v) is 4.51. The minimum Gasteiger partial charge on any atom is -0.338 e. The summed E-state index contributed by atoms with van der Waals surface area (Å²) < 4.78 is 1.96. The van der Waals surface area contributed by atoms with Gasteiger partial charge in [-0.3, -0.25) is 4.79 Å². The topological polar surface area (TPSA) is 61.1 Å². The molecule has 1 amide bonds. The Balaban J connectivity index is 1.80. The molecular weight excluding hydrogens is 324 g/mol. The molecule has 1 aromatic heterocycles. The summed E-state index contributed by atoms with van der Waals surface area (Å²) in [7, 11) is 1.89. The average molecular weight is 348 g/mol. The summed E-state index contributed by atoms with van der Waals surface area (Å²) in [6, 6.07) is 17.9. The van der Waals surface area contributed by atoms with E-state index in [9.17, 15) is 4.79 Å². The van der Waals surface area contributed by atoms with Crippen molar-refractivity contribution < 1.29 is 4.79 Å². The summed E-state index contributed by atoms with van der Waals surface area (Å²) in [6.45, 7) is 2.31. The van der Waals surface area contributed by atoms with Crippen LogP contribution in [-0.2, 0) is 17.9 Å². The van der Waals surface area contributed by atoms with Gasteiger partial charge in [0.1, 0.15) is 6.54 Å². The molecule has 134 valence electrons. The molecule has 0 atom stereocenters. The molecule has 0 radical (unpaired) electrons. The van der Waals surface area contributed by atoms with Crippen LogP contribution in [0, 0.1) is 5.41 Å². The van der Waals surface area contributed by atoms with E-state index in [-0.39, 0.29) is 5.91 Å². The fraction of sp³-hybridized carbons (Fsp3) is 0.238. The molecule has 0 aliphatic heterocycles. The third-order valence-electron chi connectivity index (χ3n) is 4.51. The second kappa shape index (κ2) is 8.45. The maximum atomic E-state index is 13.0. The highest BCUT2D eigenvalue weighted by Gasteiger charge is 2.15. The van der Waals surface area contributed by atoms with E-state index in [4.69, 9.17) is 5.41 Å². The number of nitrogens with one attached hydrogen (secondary N) is 2. The van der Waals surface area contributed by atoms with Crippen molar-refractivity contribution in [3.8, 4) is 0 Å². The molecule has 26 heavy (non-hydrogen) atoms. The molecule has 2 aromatic carbocycles. The lowest BCUT2D eigenvalue weighted by Crippen LogP contribution is -2.37. The average Bonchev–Trinajstić information content (AvgIpc) is 3.08. The van der Waals surface area contributed by atoms with Gasteiger partial charge in [0.05, 0.1) is 0 Å². The molecule has 0 aliphatic rings. The second-order valence-corrected chi connectivity index (χ2v) is 6.27. The first-order valence-corrected chi connectivity index (χ1v) is 8.77. The van der Waals surface area contributed by atoms with Crippen molar-refractivity contribution in [1.82, 2.24) is 14.8 Å². The van der Waals surface area contributed by atoms with Gasteiger partial charge in [-0.05, 0) is 24.7 Å². The Kier molecular flexibility index (Phi) is 5.81. The number of carbonyl (C=O) groups is 1. The van der Waals surface area contributed by atoms with Gasteiger partial charge < -0.3 is 20.2 Å². The second-order valence-electron chi connectivity index (χ2n) is 6.27. The van der Waals surface area contributed by atoms with Crippen LogP contribution in [0.3, 0.4) is 0 Å². The molecule has 0 spiro atoms. The van der Waals surface area contributed by atoms with Crippen molar-refractivity contribution in [2.75, 3.05) is 20.1 Å². The van der Waals surface area contributed by atoms with E-state index in [2.05, 4.69) is 5.32 Å². The largest absolute Gasteiger partial charge is 0.338 e. The van der Waals surface area contributed by atoms with Crippen LogP contribution in [0.25, 0.3) is 10.9 Å². The lowest BCUT2D eigenvalue weighted by molar-refractivity contribution is -0.132. The normalized spacial score (nSPS) is 10.8. The van der Waals surface area contributed by atoms with Crippen molar-refractivity contribution in [2.45, 2.75) is 13.1 Å². The highest BCUT2D eigenvalue weighted by Crippen LogP contribution is 2.19. The smallest absolute Gasteiger partial charge is 0.242 e. The number of amides is 1. The molecule has 1 heterocycles. The molecule has 0 aliphatic carbocycles. The summed E-state index contributed by atoms with van der Waals surface area (Å²) in [5.74, 6) is 0.0851. The van der Waals surface area contributed by atoms with E-state index in [1.54, 1.807) is 0 Å². The molecule has 3 aromatic rings. The molecule has 0 saturated heterocycles. The summed E-state index contributed by atoms with van der Waals surface area (Å²) in [5.41, 5.74) is 2.97. The standard InChI is InChI=1S/C21H24N4O/c1-23-11-13-25(15-17-6-3-2-4-7-17)21(26)16-24-12-10-19-18(14-22)8-5-9-20(19)24/h2-10,12,14,22-23H,11,13,15-16H2,1H3. The van der Waals surface area contributed by atoms with Crippen LogP contribution < -0.4 is 5.32 Å². The third kappa shape index (κ3) is 4.00. The van der Waals surface area contributed by atoms with Gasteiger partial charge in [-0.1, -0.05) is 42.5 Å². The minimum atomic E-state index is 0.0851. The number of fused-ring (bicyclic) bond motifs is 1. The van der Waals surface area contributed by atoms with Gasteiger partial charge in [-0.25, -0.2) is 0 Å². The van der Waals surface area contributed by atoms with Crippen LogP contribution in [0.4, 0.5) is 0 Å². The SMILES string of the molecule is CNCCN(Cc1ccccc1)C(=O)Cn1ccc2c(C=N)cccc21. The first kappa shape index (κ1) is 17.9. The van der Waals surface area contributed by atoms with Crippen LogP contribution in [0.15, 0.2) is 60.8 Å². The molecule has 0 bridgehead atoms. The molecule has 0 unspecified atom stereocenters. The van der Waals surface area contributed by atoms with Gasteiger partial charge in [0.2, 0.25) is 5.91 Å². The van der Waals surface area contributed by atoms with Gasteiger partial charge in [-0.2, -0.15) is 0 Å². The van der Waals surface area contributed by atoms with Gasteiger partial charge in [0.15, 0.2) is 0 Å². The van der Waals surface area contributed by atoms with Crippen molar-refractivity contribution in [3.05, 3.63) is 71.9 Å².